The molecule has 2 fully saturated rings. The number of hydrogen-bond donors (Lipinski definition) is 2. The third kappa shape index (κ3) is 11.3. The summed E-state index contributed by atoms with van der Waals surface area (Å²) in [5, 5.41) is 12.8. The van der Waals surface area contributed by atoms with Crippen LogP contribution in [0.5, 0.6) is 5.75 Å². The van der Waals surface area contributed by atoms with Gasteiger partial charge in [0.1, 0.15) is 11.4 Å². The molecule has 0 spiro atoms. The molecular weight excluding hydrogens is 562 g/mol. The van der Waals surface area contributed by atoms with E-state index in [0.717, 1.165) is 36.8 Å². The number of carbonyl (C=O) groups excluding carboxylic acids is 3. The Kier molecular flexibility index (Phi) is 13.3. The van der Waals surface area contributed by atoms with E-state index in [4.69, 9.17) is 14.2 Å². The summed E-state index contributed by atoms with van der Waals surface area (Å²) in [6, 6.07) is 5.70. The molecular formula is C34H55N3O7. The van der Waals surface area contributed by atoms with E-state index < -0.39 is 23.5 Å². The third-order valence-corrected chi connectivity index (χ3v) is 7.94. The molecule has 0 aromatic heterocycles. The van der Waals surface area contributed by atoms with Gasteiger partial charge in [-0.1, -0.05) is 33.3 Å². The van der Waals surface area contributed by atoms with Gasteiger partial charge < -0.3 is 34.4 Å². The first-order valence-electron chi connectivity index (χ1n) is 16.3. The molecule has 3 rings (SSSR count). The molecule has 1 unspecified atom stereocenters. The van der Waals surface area contributed by atoms with Gasteiger partial charge in [-0.2, -0.15) is 0 Å². The summed E-state index contributed by atoms with van der Waals surface area (Å²) in [6.07, 6.45) is 4.32. The van der Waals surface area contributed by atoms with E-state index >= 15 is 0 Å². The maximum atomic E-state index is 14.2. The zero-order valence-electron chi connectivity index (χ0n) is 27.9. The fraction of sp³-hybridized carbons (Fsp3) is 0.735. The van der Waals surface area contributed by atoms with Crippen LogP contribution in [0.25, 0.3) is 0 Å². The maximum absolute atomic E-state index is 14.2. The topological polar surface area (TPSA) is 118 Å². The number of ether oxygens (including phenoxy) is 3. The smallest absolute Gasteiger partial charge is 0.410 e. The fourth-order valence-electron chi connectivity index (χ4n) is 5.67. The van der Waals surface area contributed by atoms with Crippen LogP contribution in [0.1, 0.15) is 91.2 Å². The van der Waals surface area contributed by atoms with Gasteiger partial charge in [-0.05, 0) is 82.1 Å². The number of benzene rings is 1. The molecule has 3 atom stereocenters. The summed E-state index contributed by atoms with van der Waals surface area (Å²) >= 11 is 0. The van der Waals surface area contributed by atoms with E-state index in [1.807, 2.05) is 30.9 Å². The minimum Gasteiger partial charge on any atom is -0.497 e. The second-order valence-corrected chi connectivity index (χ2v) is 13.8. The van der Waals surface area contributed by atoms with Crippen LogP contribution in [0, 0.1) is 17.8 Å². The number of nitrogens with one attached hydrogen (secondary N) is 1. The molecule has 10 heteroatoms. The van der Waals surface area contributed by atoms with Crippen molar-refractivity contribution in [1.29, 1.82) is 0 Å². The summed E-state index contributed by atoms with van der Waals surface area (Å²) in [7, 11) is 1.63. The number of carbonyl (C=O) groups is 3. The molecule has 1 saturated heterocycles. The average molecular weight is 618 g/mol. The number of likely N-dealkylation sites (tertiary alicyclic amines) is 1. The molecule has 3 amide bonds. The molecule has 1 aliphatic carbocycles. The Bertz CT molecular complexity index is 1100. The molecule has 44 heavy (non-hydrogen) atoms. The highest BCUT2D eigenvalue weighted by atomic mass is 16.6. The van der Waals surface area contributed by atoms with Gasteiger partial charge in [0.2, 0.25) is 11.8 Å². The Hall–Kier alpha value is -2.85. The Morgan fingerprint density at radius 2 is 1.77 bits per heavy atom. The van der Waals surface area contributed by atoms with Crippen molar-refractivity contribution < 1.29 is 33.7 Å². The van der Waals surface area contributed by atoms with Crippen LogP contribution in [-0.4, -0.2) is 83.9 Å². The molecule has 1 heterocycles. The van der Waals surface area contributed by atoms with E-state index in [-0.39, 0.29) is 43.6 Å². The predicted molar refractivity (Wildman–Crippen MR) is 169 cm³/mol. The number of hydrogen-bond acceptors (Lipinski definition) is 7. The average Bonchev–Trinajstić information content (AvgIpc) is 3.81. The van der Waals surface area contributed by atoms with Crippen LogP contribution in [-0.2, 0) is 32.2 Å². The lowest BCUT2D eigenvalue weighted by atomic mass is 9.87. The van der Waals surface area contributed by atoms with Crippen molar-refractivity contribution in [1.82, 2.24) is 15.1 Å². The number of methoxy groups -OCH3 is 1. The summed E-state index contributed by atoms with van der Waals surface area (Å²) < 4.78 is 17.1. The van der Waals surface area contributed by atoms with Gasteiger partial charge in [-0.25, -0.2) is 4.79 Å². The molecule has 2 N–H and O–H groups in total. The lowest BCUT2D eigenvalue weighted by molar-refractivity contribution is -0.140. The number of rotatable bonds is 15. The fourth-order valence-corrected chi connectivity index (χ4v) is 5.67. The van der Waals surface area contributed by atoms with Gasteiger partial charge in [-0.15, -0.1) is 0 Å². The Labute approximate surface area is 263 Å². The van der Waals surface area contributed by atoms with Gasteiger partial charge in [0, 0.05) is 32.3 Å². The zero-order chi connectivity index (χ0) is 32.4. The highest BCUT2D eigenvalue weighted by Gasteiger charge is 2.43. The van der Waals surface area contributed by atoms with Crippen LogP contribution in [0.4, 0.5) is 4.79 Å². The van der Waals surface area contributed by atoms with Crippen LogP contribution >= 0.6 is 0 Å². The summed E-state index contributed by atoms with van der Waals surface area (Å²) in [5.41, 5.74) is 1.23. The number of unbranched alkanes of at least 4 members (excludes halogenated alkanes) is 1. The van der Waals surface area contributed by atoms with Gasteiger partial charge in [0.25, 0.3) is 0 Å². The molecule has 2 aliphatic rings. The normalized spacial score (nSPS) is 19.4. The van der Waals surface area contributed by atoms with Crippen LogP contribution in [0.3, 0.4) is 0 Å². The second kappa shape index (κ2) is 16.5. The lowest BCUT2D eigenvalue weighted by Gasteiger charge is -2.39. The Morgan fingerprint density at radius 3 is 2.36 bits per heavy atom. The Balaban J connectivity index is 1.82. The quantitative estimate of drug-likeness (QED) is 0.269. The van der Waals surface area contributed by atoms with Crippen LogP contribution in [0.15, 0.2) is 18.2 Å². The molecule has 0 radical (unpaired) electrons. The van der Waals surface area contributed by atoms with E-state index in [2.05, 4.69) is 18.3 Å². The highest BCUT2D eigenvalue weighted by molar-refractivity contribution is 5.84. The largest absolute Gasteiger partial charge is 0.497 e. The van der Waals surface area contributed by atoms with Crippen LogP contribution < -0.4 is 10.1 Å². The van der Waals surface area contributed by atoms with Gasteiger partial charge >= 0.3 is 6.09 Å². The number of amides is 3. The summed E-state index contributed by atoms with van der Waals surface area (Å²) in [4.78, 5) is 44.3. The number of aliphatic hydroxyl groups is 1. The van der Waals surface area contributed by atoms with Crippen molar-refractivity contribution in [2.24, 2.45) is 17.8 Å². The first-order chi connectivity index (χ1) is 20.8. The van der Waals surface area contributed by atoms with E-state index in [0.29, 0.717) is 44.3 Å². The molecule has 248 valence electrons. The minimum absolute atomic E-state index is 0.0667. The summed E-state index contributed by atoms with van der Waals surface area (Å²) in [6.45, 7) is 13.3. The highest BCUT2D eigenvalue weighted by Crippen LogP contribution is 2.34. The van der Waals surface area contributed by atoms with Crippen molar-refractivity contribution >= 4 is 17.9 Å². The number of nitrogens with zero attached hydrogens (tertiary/aromatic N) is 2. The van der Waals surface area contributed by atoms with Crippen molar-refractivity contribution in [2.75, 3.05) is 33.4 Å². The van der Waals surface area contributed by atoms with Crippen molar-refractivity contribution in [3.63, 3.8) is 0 Å². The van der Waals surface area contributed by atoms with Gasteiger partial charge in [0.05, 0.1) is 38.2 Å². The lowest BCUT2D eigenvalue weighted by Crippen LogP contribution is -2.54. The minimum atomic E-state index is -0.713. The molecule has 1 aromatic carbocycles. The molecule has 1 aliphatic heterocycles. The van der Waals surface area contributed by atoms with Crippen molar-refractivity contribution in [3.05, 3.63) is 29.3 Å². The third-order valence-electron chi connectivity index (χ3n) is 7.94. The van der Waals surface area contributed by atoms with E-state index in [1.54, 1.807) is 27.9 Å². The molecule has 0 bridgehead atoms. The molecule has 1 aromatic rings. The number of piperidine rings is 1. The van der Waals surface area contributed by atoms with E-state index in [1.165, 1.54) is 4.90 Å². The molecule has 1 saturated carbocycles. The second-order valence-electron chi connectivity index (χ2n) is 13.8. The molecule has 10 nitrogen and oxygen atoms in total. The van der Waals surface area contributed by atoms with E-state index in [9.17, 15) is 19.5 Å². The first kappa shape index (κ1) is 35.6. The SMILES string of the molecule is CCCCOCc1cc(CN(C(=O)[C@@H]2C[C@H](C(=O)NC(CO)CC(C)C)CN(C(=O)OC(C)(C)C)C2)C2CC2)cc(OC)c1. The monoisotopic (exact) mass is 617 g/mol. The van der Waals surface area contributed by atoms with Crippen LogP contribution in [0.2, 0.25) is 0 Å². The predicted octanol–water partition coefficient (Wildman–Crippen LogP) is 4.90. The summed E-state index contributed by atoms with van der Waals surface area (Å²) in [5.74, 6) is -0.482. The van der Waals surface area contributed by atoms with Gasteiger partial charge in [-0.3, -0.25) is 9.59 Å². The van der Waals surface area contributed by atoms with Crippen molar-refractivity contribution in [2.45, 2.75) is 111 Å². The standard InChI is InChI=1S/C34H55N3O7/c1-8-9-12-43-22-25-14-24(15-30(16-25)42-7)18-37(29-10-11-29)32(40)27-17-26(31(39)35-28(21-38)13-23(2)3)19-36(20-27)33(41)44-34(4,5)6/h14-16,23,26-29,38H,8-13,17-22H2,1-7H3,(H,35,39)/t26-,27+,28?/m0/s1. The van der Waals surface area contributed by atoms with Crippen molar-refractivity contribution in [3.8, 4) is 5.75 Å². The first-order valence-corrected chi connectivity index (χ1v) is 16.3. The zero-order valence-corrected chi connectivity index (χ0v) is 27.9. The number of aliphatic hydroxyl groups excluding tert-OH is 1. The maximum Gasteiger partial charge on any atom is 0.410 e. The Morgan fingerprint density at radius 1 is 1.09 bits per heavy atom. The van der Waals surface area contributed by atoms with Gasteiger partial charge in [0.15, 0.2) is 0 Å².